The molecule has 0 saturated carbocycles. The van der Waals surface area contributed by atoms with Crippen molar-refractivity contribution in [1.82, 2.24) is 0 Å². The van der Waals surface area contributed by atoms with E-state index in [0.717, 1.165) is 4.90 Å². The fourth-order valence-electron chi connectivity index (χ4n) is 0.907. The highest BCUT2D eigenvalue weighted by molar-refractivity contribution is 7.98. The molecule has 0 radical (unpaired) electrons. The Morgan fingerprint density at radius 2 is 2.08 bits per heavy atom. The molecule has 1 aromatic carbocycles. The second kappa shape index (κ2) is 4.14. The number of thioether (sulfide) groups is 1. The van der Waals surface area contributed by atoms with Crippen molar-refractivity contribution < 1.29 is 10.2 Å². The summed E-state index contributed by atoms with van der Waals surface area (Å²) in [5, 5.41) is 18.4. The summed E-state index contributed by atoms with van der Waals surface area (Å²) in [6.45, 7) is 0. The van der Waals surface area contributed by atoms with Crippen molar-refractivity contribution in [2.45, 2.75) is 11.2 Å². The van der Waals surface area contributed by atoms with Crippen LogP contribution in [0.15, 0.2) is 23.1 Å². The predicted molar refractivity (Wildman–Crippen MR) is 50.4 cm³/mol. The normalized spacial score (nSPS) is 10.8. The molecule has 0 aliphatic rings. The first-order valence-corrected chi connectivity index (χ1v) is 4.95. The van der Waals surface area contributed by atoms with Crippen LogP contribution < -0.4 is 0 Å². The topological polar surface area (TPSA) is 40.5 Å². The van der Waals surface area contributed by atoms with Crippen molar-refractivity contribution in [3.8, 4) is 0 Å². The quantitative estimate of drug-likeness (QED) is 0.572. The first-order valence-electron chi connectivity index (χ1n) is 3.34. The van der Waals surface area contributed by atoms with Crippen LogP contribution in [0.25, 0.3) is 0 Å². The molecule has 1 rings (SSSR count). The molecule has 0 unspecified atom stereocenters. The van der Waals surface area contributed by atoms with E-state index in [-0.39, 0.29) is 0 Å². The Morgan fingerprint density at radius 3 is 2.58 bits per heavy atom. The molecule has 0 aliphatic heterocycles. The molecule has 0 saturated heterocycles. The zero-order chi connectivity index (χ0) is 9.14. The lowest BCUT2D eigenvalue weighted by atomic mass is 10.2. The molecule has 0 fully saturated rings. The number of aliphatic hydroxyl groups is 2. The largest absolute Gasteiger partial charge is 0.364 e. The van der Waals surface area contributed by atoms with Crippen LogP contribution in [0.4, 0.5) is 0 Å². The lowest BCUT2D eigenvalue weighted by Crippen LogP contribution is -1.96. The maximum absolute atomic E-state index is 8.94. The fraction of sp³-hybridized carbons (Fsp3) is 0.250. The van der Waals surface area contributed by atoms with Gasteiger partial charge in [-0.25, -0.2) is 0 Å². The summed E-state index contributed by atoms with van der Waals surface area (Å²) in [5.41, 5.74) is 0.454. The van der Waals surface area contributed by atoms with Gasteiger partial charge in [-0.05, 0) is 24.5 Å². The van der Waals surface area contributed by atoms with Crippen molar-refractivity contribution in [2.24, 2.45) is 0 Å². The summed E-state index contributed by atoms with van der Waals surface area (Å²) < 4.78 is 0. The number of rotatable bonds is 2. The maximum Gasteiger partial charge on any atom is 0.179 e. The van der Waals surface area contributed by atoms with Gasteiger partial charge in [0.2, 0.25) is 0 Å². The summed E-state index contributed by atoms with van der Waals surface area (Å²) in [5.74, 6) is 0. The van der Waals surface area contributed by atoms with Gasteiger partial charge in [-0.3, -0.25) is 0 Å². The average Bonchev–Trinajstić information content (AvgIpc) is 2.04. The minimum atomic E-state index is -1.45. The molecule has 0 amide bonds. The fourth-order valence-corrected chi connectivity index (χ4v) is 1.69. The Morgan fingerprint density at radius 1 is 1.42 bits per heavy atom. The van der Waals surface area contributed by atoms with Gasteiger partial charge in [-0.2, -0.15) is 0 Å². The Labute approximate surface area is 80.2 Å². The van der Waals surface area contributed by atoms with Gasteiger partial charge in [-0.1, -0.05) is 11.6 Å². The standard InChI is InChI=1S/C8H9ClO2S/c1-12-7-3-2-5(9)4-6(7)8(10)11/h2-4,8,10-11H,1H3. The maximum atomic E-state index is 8.94. The number of aliphatic hydroxyl groups excluding tert-OH is 1. The lowest BCUT2D eigenvalue weighted by molar-refractivity contribution is -0.0444. The van der Waals surface area contributed by atoms with Crippen LogP contribution in [0.5, 0.6) is 0 Å². The predicted octanol–water partition coefficient (Wildman–Crippen LogP) is 2.05. The first kappa shape index (κ1) is 9.86. The molecule has 0 aliphatic carbocycles. The number of benzene rings is 1. The zero-order valence-corrected chi connectivity index (χ0v) is 8.06. The molecular formula is C8H9ClO2S. The van der Waals surface area contributed by atoms with E-state index in [2.05, 4.69) is 0 Å². The van der Waals surface area contributed by atoms with Gasteiger partial charge in [0.25, 0.3) is 0 Å². The summed E-state index contributed by atoms with van der Waals surface area (Å²) in [6.07, 6.45) is 0.418. The van der Waals surface area contributed by atoms with Gasteiger partial charge in [0, 0.05) is 15.5 Å². The van der Waals surface area contributed by atoms with Crippen LogP contribution in [-0.2, 0) is 0 Å². The molecule has 0 atom stereocenters. The molecule has 4 heteroatoms. The van der Waals surface area contributed by atoms with Gasteiger partial charge in [0.15, 0.2) is 6.29 Å². The monoisotopic (exact) mass is 204 g/mol. The second-order valence-electron chi connectivity index (χ2n) is 2.26. The molecule has 1 aromatic rings. The van der Waals surface area contributed by atoms with Crippen LogP contribution in [0.1, 0.15) is 11.9 Å². The van der Waals surface area contributed by atoms with E-state index < -0.39 is 6.29 Å². The van der Waals surface area contributed by atoms with E-state index in [9.17, 15) is 0 Å². The summed E-state index contributed by atoms with van der Waals surface area (Å²) in [4.78, 5) is 0.828. The highest BCUT2D eigenvalue weighted by Crippen LogP contribution is 2.27. The van der Waals surface area contributed by atoms with Crippen molar-refractivity contribution in [2.75, 3.05) is 6.26 Å². The highest BCUT2D eigenvalue weighted by atomic mass is 35.5. The molecule has 0 bridgehead atoms. The molecule has 2 nitrogen and oxygen atoms in total. The molecule has 66 valence electrons. The van der Waals surface area contributed by atoms with Crippen LogP contribution in [0, 0.1) is 0 Å². The van der Waals surface area contributed by atoms with Crippen molar-refractivity contribution in [3.63, 3.8) is 0 Å². The Balaban J connectivity index is 3.12. The number of halogens is 1. The number of hydrogen-bond acceptors (Lipinski definition) is 3. The van der Waals surface area contributed by atoms with Gasteiger partial charge < -0.3 is 10.2 Å². The minimum absolute atomic E-state index is 0.454. The van der Waals surface area contributed by atoms with E-state index in [1.165, 1.54) is 11.8 Å². The third kappa shape index (κ3) is 2.14. The zero-order valence-electron chi connectivity index (χ0n) is 6.49. The van der Waals surface area contributed by atoms with Gasteiger partial charge in [-0.15, -0.1) is 11.8 Å². The van der Waals surface area contributed by atoms with Crippen LogP contribution >= 0.6 is 23.4 Å². The summed E-state index contributed by atoms with van der Waals surface area (Å²) in [7, 11) is 0. The van der Waals surface area contributed by atoms with E-state index in [0.29, 0.717) is 10.6 Å². The minimum Gasteiger partial charge on any atom is -0.364 e. The average molecular weight is 205 g/mol. The SMILES string of the molecule is CSc1ccc(Cl)cc1C(O)O. The van der Waals surface area contributed by atoms with Crippen LogP contribution in [-0.4, -0.2) is 16.5 Å². The molecule has 12 heavy (non-hydrogen) atoms. The smallest absolute Gasteiger partial charge is 0.179 e. The van der Waals surface area contributed by atoms with E-state index >= 15 is 0 Å². The van der Waals surface area contributed by atoms with E-state index in [1.54, 1.807) is 18.2 Å². The molecule has 2 N–H and O–H groups in total. The van der Waals surface area contributed by atoms with Gasteiger partial charge in [0.1, 0.15) is 0 Å². The molecule has 0 heterocycles. The Bertz CT molecular complexity index is 276. The second-order valence-corrected chi connectivity index (χ2v) is 3.54. The summed E-state index contributed by atoms with van der Waals surface area (Å²) >= 11 is 7.14. The van der Waals surface area contributed by atoms with Crippen molar-refractivity contribution >= 4 is 23.4 Å². The van der Waals surface area contributed by atoms with Crippen LogP contribution in [0.3, 0.4) is 0 Å². The van der Waals surface area contributed by atoms with Crippen LogP contribution in [0.2, 0.25) is 5.02 Å². The van der Waals surface area contributed by atoms with Crippen molar-refractivity contribution in [1.29, 1.82) is 0 Å². The van der Waals surface area contributed by atoms with Gasteiger partial charge >= 0.3 is 0 Å². The summed E-state index contributed by atoms with van der Waals surface area (Å²) in [6, 6.07) is 5.04. The molecule has 0 spiro atoms. The third-order valence-electron chi connectivity index (χ3n) is 1.47. The number of hydrogen-bond donors (Lipinski definition) is 2. The molecular weight excluding hydrogens is 196 g/mol. The Kier molecular flexibility index (Phi) is 3.40. The third-order valence-corrected chi connectivity index (χ3v) is 2.52. The van der Waals surface area contributed by atoms with Gasteiger partial charge in [0.05, 0.1) is 0 Å². The lowest BCUT2D eigenvalue weighted by Gasteiger charge is -2.08. The highest BCUT2D eigenvalue weighted by Gasteiger charge is 2.08. The molecule has 0 aromatic heterocycles. The first-order chi connectivity index (χ1) is 5.65. The Hall–Kier alpha value is -0.220. The van der Waals surface area contributed by atoms with E-state index in [4.69, 9.17) is 21.8 Å². The van der Waals surface area contributed by atoms with E-state index in [1.807, 2.05) is 6.26 Å². The van der Waals surface area contributed by atoms with Crippen molar-refractivity contribution in [3.05, 3.63) is 28.8 Å².